The summed E-state index contributed by atoms with van der Waals surface area (Å²) < 4.78 is 12.3. The van der Waals surface area contributed by atoms with E-state index >= 15 is 0 Å². The molecule has 1 N–H and O–H groups in total. The van der Waals surface area contributed by atoms with Gasteiger partial charge in [-0.3, -0.25) is 9.59 Å². The van der Waals surface area contributed by atoms with Crippen molar-refractivity contribution in [1.29, 1.82) is 0 Å². The number of aromatic nitrogens is 1. The van der Waals surface area contributed by atoms with Crippen LogP contribution in [0.25, 0.3) is 0 Å². The average molecular weight is 421 g/mol. The lowest BCUT2D eigenvalue weighted by molar-refractivity contribution is -0.120. The Kier molecular flexibility index (Phi) is 4.76. The molecule has 1 aromatic carbocycles. The molecule has 3 aliphatic rings. The van der Waals surface area contributed by atoms with E-state index in [4.69, 9.17) is 9.47 Å². The number of ether oxygens (including phenoxy) is 2. The fraction of sp³-hybridized carbons (Fsp3) is 0.480. The van der Waals surface area contributed by atoms with Crippen LogP contribution < -0.4 is 14.8 Å². The lowest BCUT2D eigenvalue weighted by Crippen LogP contribution is -2.20. The number of amides is 1. The quantitative estimate of drug-likeness (QED) is 0.710. The average Bonchev–Trinajstić information content (AvgIpc) is 3.22. The van der Waals surface area contributed by atoms with E-state index in [-0.39, 0.29) is 29.3 Å². The maximum absolute atomic E-state index is 12.4. The minimum Gasteiger partial charge on any atom is -0.489 e. The van der Waals surface area contributed by atoms with Crippen LogP contribution in [0.4, 0.5) is 5.82 Å². The molecule has 0 radical (unpaired) electrons. The minimum atomic E-state index is -0.0188. The van der Waals surface area contributed by atoms with Crippen molar-refractivity contribution >= 4 is 17.5 Å². The van der Waals surface area contributed by atoms with Crippen molar-refractivity contribution < 1.29 is 19.1 Å². The van der Waals surface area contributed by atoms with Crippen molar-refractivity contribution in [3.05, 3.63) is 41.6 Å². The lowest BCUT2D eigenvalue weighted by Gasteiger charge is -2.19. The van der Waals surface area contributed by atoms with Gasteiger partial charge in [-0.05, 0) is 42.5 Å². The van der Waals surface area contributed by atoms with Gasteiger partial charge in [-0.2, -0.15) is 0 Å². The lowest BCUT2D eigenvalue weighted by atomic mass is 9.89. The number of rotatable bonds is 6. The highest BCUT2D eigenvalue weighted by Crippen LogP contribution is 2.60. The zero-order valence-electron chi connectivity index (χ0n) is 18.2. The number of ketones is 1. The summed E-state index contributed by atoms with van der Waals surface area (Å²) >= 11 is 0. The second-order valence-corrected chi connectivity index (χ2v) is 10.1. The fourth-order valence-electron chi connectivity index (χ4n) is 4.62. The van der Waals surface area contributed by atoms with Crippen LogP contribution in [-0.4, -0.2) is 22.8 Å². The Hall–Kier alpha value is -2.89. The third kappa shape index (κ3) is 4.03. The largest absolute Gasteiger partial charge is 0.489 e. The second-order valence-electron chi connectivity index (χ2n) is 10.1. The van der Waals surface area contributed by atoms with Crippen molar-refractivity contribution in [1.82, 2.24) is 4.98 Å². The number of hydrogen-bond acceptors (Lipinski definition) is 5. The Bertz CT molecular complexity index is 1060. The Morgan fingerprint density at radius 1 is 1.26 bits per heavy atom. The third-order valence-corrected chi connectivity index (χ3v) is 6.42. The molecular weight excluding hydrogens is 392 g/mol. The molecule has 0 spiro atoms. The summed E-state index contributed by atoms with van der Waals surface area (Å²) in [7, 11) is 0. The Balaban J connectivity index is 1.27. The van der Waals surface area contributed by atoms with E-state index in [2.05, 4.69) is 31.1 Å². The van der Waals surface area contributed by atoms with Gasteiger partial charge in [-0.25, -0.2) is 4.98 Å². The van der Waals surface area contributed by atoms with Crippen LogP contribution in [0.2, 0.25) is 0 Å². The molecule has 0 bridgehead atoms. The van der Waals surface area contributed by atoms with Crippen LogP contribution in [0.3, 0.4) is 0 Å². The first-order chi connectivity index (χ1) is 14.8. The van der Waals surface area contributed by atoms with Gasteiger partial charge in [0.25, 0.3) is 0 Å². The highest BCUT2D eigenvalue weighted by atomic mass is 16.5. The van der Waals surface area contributed by atoms with E-state index in [1.807, 2.05) is 24.3 Å². The first-order valence-corrected chi connectivity index (χ1v) is 11.1. The van der Waals surface area contributed by atoms with Gasteiger partial charge >= 0.3 is 0 Å². The normalized spacial score (nSPS) is 23.2. The smallest absolute Gasteiger partial charge is 0.225 e. The van der Waals surface area contributed by atoms with Gasteiger partial charge in [0.05, 0.1) is 0 Å². The molecule has 0 unspecified atom stereocenters. The molecule has 1 saturated carbocycles. The maximum atomic E-state index is 12.4. The summed E-state index contributed by atoms with van der Waals surface area (Å²) in [6, 6.07) is 7.72. The van der Waals surface area contributed by atoms with E-state index in [0.717, 1.165) is 29.0 Å². The van der Waals surface area contributed by atoms with E-state index in [1.54, 1.807) is 6.20 Å². The third-order valence-electron chi connectivity index (χ3n) is 6.42. The Morgan fingerprint density at radius 3 is 2.90 bits per heavy atom. The van der Waals surface area contributed by atoms with Crippen LogP contribution >= 0.6 is 0 Å². The summed E-state index contributed by atoms with van der Waals surface area (Å²) in [5.41, 5.74) is 2.23. The number of nitrogens with zero attached hydrogens (tertiary/aromatic N) is 1. The molecule has 5 rings (SSSR count). The van der Waals surface area contributed by atoms with Gasteiger partial charge in [0.1, 0.15) is 35.0 Å². The molecule has 1 amide bonds. The molecule has 1 aliphatic carbocycles. The number of Topliss-reactive ketones (excluding diaryl/α,β-unsaturated/α-hetero) is 1. The van der Waals surface area contributed by atoms with E-state index in [9.17, 15) is 9.59 Å². The van der Waals surface area contributed by atoms with Gasteiger partial charge in [0, 0.05) is 48.4 Å². The molecule has 3 heterocycles. The van der Waals surface area contributed by atoms with Crippen molar-refractivity contribution in [3.8, 4) is 17.2 Å². The van der Waals surface area contributed by atoms with Gasteiger partial charge in [0.15, 0.2) is 0 Å². The maximum Gasteiger partial charge on any atom is 0.225 e. The number of benzene rings is 1. The zero-order chi connectivity index (χ0) is 21.8. The van der Waals surface area contributed by atoms with Gasteiger partial charge in [-0.1, -0.05) is 20.8 Å². The zero-order valence-corrected chi connectivity index (χ0v) is 18.2. The van der Waals surface area contributed by atoms with Crippen LogP contribution in [-0.2, 0) is 16.0 Å². The van der Waals surface area contributed by atoms with E-state index < -0.39 is 0 Å². The number of carbonyl (C=O) groups is 2. The molecule has 3 atom stereocenters. The standard InChI is InChI=1S/C25H28N2O4/c1-25(2,3)10-8-14(28)12-18-22-17-13-15(4-6-19(17)31-23(18)22)30-20-9-11-26-24-16(20)5-7-21(29)27-24/h4,6,9,11,13,18,22-23H,5,7-8,10,12H2,1-3H3,(H,26,27,29)/t18-,22-,23+/m0/s1. The summed E-state index contributed by atoms with van der Waals surface area (Å²) in [6.07, 6.45) is 4.95. The first kappa shape index (κ1) is 20.0. The molecule has 2 aliphatic heterocycles. The van der Waals surface area contributed by atoms with Gasteiger partial charge < -0.3 is 14.8 Å². The van der Waals surface area contributed by atoms with Crippen LogP contribution in [0.1, 0.15) is 63.5 Å². The second kappa shape index (κ2) is 7.36. The SMILES string of the molecule is CC(C)(C)CCC(=O)C[C@@H]1[C@H]2Oc3ccc(Oc4ccnc5c4CCC(=O)N5)cc3[C@@H]12. The Morgan fingerprint density at radius 2 is 2.10 bits per heavy atom. The molecular formula is C25H28N2O4. The van der Waals surface area contributed by atoms with Crippen LogP contribution in [0, 0.1) is 11.3 Å². The number of nitrogens with one attached hydrogen (secondary N) is 1. The summed E-state index contributed by atoms with van der Waals surface area (Å²) in [6.45, 7) is 6.50. The summed E-state index contributed by atoms with van der Waals surface area (Å²) in [4.78, 5) is 28.3. The highest BCUT2D eigenvalue weighted by Gasteiger charge is 2.59. The van der Waals surface area contributed by atoms with Gasteiger partial charge in [0.2, 0.25) is 5.91 Å². The molecule has 1 aromatic heterocycles. The molecule has 6 heteroatoms. The number of pyridine rings is 1. The number of hydrogen-bond donors (Lipinski definition) is 1. The molecule has 1 fully saturated rings. The van der Waals surface area contributed by atoms with Crippen molar-refractivity contribution in [2.24, 2.45) is 11.3 Å². The minimum absolute atomic E-state index is 0.0188. The molecule has 0 saturated heterocycles. The van der Waals surface area contributed by atoms with Crippen LogP contribution in [0.15, 0.2) is 30.5 Å². The monoisotopic (exact) mass is 420 g/mol. The summed E-state index contributed by atoms with van der Waals surface area (Å²) in [5, 5.41) is 2.80. The van der Waals surface area contributed by atoms with E-state index in [0.29, 0.717) is 43.0 Å². The molecule has 31 heavy (non-hydrogen) atoms. The van der Waals surface area contributed by atoms with Gasteiger partial charge in [-0.15, -0.1) is 0 Å². The molecule has 2 aromatic rings. The van der Waals surface area contributed by atoms with Crippen molar-refractivity contribution in [3.63, 3.8) is 0 Å². The fourth-order valence-corrected chi connectivity index (χ4v) is 4.62. The number of fused-ring (bicyclic) bond motifs is 4. The number of anilines is 1. The van der Waals surface area contributed by atoms with Crippen molar-refractivity contribution in [2.75, 3.05) is 5.32 Å². The highest BCUT2D eigenvalue weighted by molar-refractivity contribution is 5.93. The van der Waals surface area contributed by atoms with E-state index in [1.165, 1.54) is 0 Å². The van der Waals surface area contributed by atoms with Crippen LogP contribution in [0.5, 0.6) is 17.2 Å². The van der Waals surface area contributed by atoms with Crippen molar-refractivity contribution in [2.45, 2.75) is 64.9 Å². The first-order valence-electron chi connectivity index (χ1n) is 11.1. The Labute approximate surface area is 182 Å². The summed E-state index contributed by atoms with van der Waals surface area (Å²) in [5.74, 6) is 3.79. The molecule has 6 nitrogen and oxygen atoms in total. The topological polar surface area (TPSA) is 77.5 Å². The predicted molar refractivity (Wildman–Crippen MR) is 117 cm³/mol. The number of carbonyl (C=O) groups excluding carboxylic acids is 2. The predicted octanol–water partition coefficient (Wildman–Crippen LogP) is 5.02. The molecule has 162 valence electrons.